The molecule has 0 aliphatic heterocycles. The summed E-state index contributed by atoms with van der Waals surface area (Å²) in [6, 6.07) is 13.1. The second kappa shape index (κ2) is 6.44. The van der Waals surface area contributed by atoms with Gasteiger partial charge in [-0.05, 0) is 49.9 Å². The van der Waals surface area contributed by atoms with Gasteiger partial charge in [0.15, 0.2) is 0 Å². The summed E-state index contributed by atoms with van der Waals surface area (Å²) in [6.45, 7) is 2.13. The van der Waals surface area contributed by atoms with E-state index in [9.17, 15) is 0 Å². The number of thioether (sulfide) groups is 1. The molecule has 1 heterocycles. The largest absolute Gasteiger partial charge is 0.260 e. The maximum atomic E-state index is 4.59. The Morgan fingerprint density at radius 1 is 1.16 bits per heavy atom. The summed E-state index contributed by atoms with van der Waals surface area (Å²) >= 11 is 1.95. The van der Waals surface area contributed by atoms with E-state index in [-0.39, 0.29) is 12.4 Å². The molecule has 0 spiro atoms. The van der Waals surface area contributed by atoms with E-state index >= 15 is 0 Å². The van der Waals surface area contributed by atoms with E-state index in [4.69, 9.17) is 0 Å². The van der Waals surface area contributed by atoms with Gasteiger partial charge in [-0.3, -0.25) is 4.98 Å². The van der Waals surface area contributed by atoms with Crippen molar-refractivity contribution < 1.29 is 0 Å². The highest BCUT2D eigenvalue weighted by molar-refractivity contribution is 7.99. The summed E-state index contributed by atoms with van der Waals surface area (Å²) in [4.78, 5) is 5.94. The summed E-state index contributed by atoms with van der Waals surface area (Å²) in [5.74, 6) is 0. The fourth-order valence-corrected chi connectivity index (χ4v) is 3.69. The summed E-state index contributed by atoms with van der Waals surface area (Å²) in [7, 11) is 0. The van der Waals surface area contributed by atoms with Gasteiger partial charge >= 0.3 is 0 Å². The van der Waals surface area contributed by atoms with Gasteiger partial charge in [0.1, 0.15) is 0 Å². The molecular formula is C16H18ClNS. The maximum absolute atomic E-state index is 4.59. The molecule has 1 atom stereocenters. The van der Waals surface area contributed by atoms with Crippen LogP contribution < -0.4 is 0 Å². The van der Waals surface area contributed by atoms with Crippen LogP contribution in [0.1, 0.15) is 34.9 Å². The standard InChI is InChI=1S/C16H17NS.ClH/c1-12-7-9-14(10-8-12)18-15-6-2-4-13-5-3-11-17-16(13)15;/h3,5,7-11,15H,2,4,6H2,1H3;1H. The van der Waals surface area contributed by atoms with Crippen LogP contribution >= 0.6 is 24.2 Å². The molecule has 0 N–H and O–H groups in total. The number of hydrogen-bond acceptors (Lipinski definition) is 2. The van der Waals surface area contributed by atoms with Gasteiger partial charge in [0.2, 0.25) is 0 Å². The SMILES string of the molecule is Cc1ccc(SC2CCCc3cccnc32)cc1.Cl. The summed E-state index contributed by atoms with van der Waals surface area (Å²) in [5.41, 5.74) is 4.06. The van der Waals surface area contributed by atoms with E-state index in [2.05, 4.69) is 48.3 Å². The molecule has 19 heavy (non-hydrogen) atoms. The predicted molar refractivity (Wildman–Crippen MR) is 84.2 cm³/mol. The van der Waals surface area contributed by atoms with Gasteiger partial charge in [0.25, 0.3) is 0 Å². The minimum atomic E-state index is 0. The van der Waals surface area contributed by atoms with Gasteiger partial charge in [-0.25, -0.2) is 0 Å². The van der Waals surface area contributed by atoms with Crippen molar-refractivity contribution in [3.63, 3.8) is 0 Å². The monoisotopic (exact) mass is 291 g/mol. The van der Waals surface area contributed by atoms with Crippen LogP contribution in [0.15, 0.2) is 47.5 Å². The average molecular weight is 292 g/mol. The third-order valence-corrected chi connectivity index (χ3v) is 4.73. The molecule has 0 amide bonds. The van der Waals surface area contributed by atoms with Crippen LogP contribution in [-0.2, 0) is 6.42 Å². The van der Waals surface area contributed by atoms with Gasteiger partial charge in [-0.1, -0.05) is 23.8 Å². The highest BCUT2D eigenvalue weighted by atomic mass is 35.5. The lowest BCUT2D eigenvalue weighted by atomic mass is 9.96. The first-order valence-electron chi connectivity index (χ1n) is 6.50. The van der Waals surface area contributed by atoms with E-state index in [0.717, 1.165) is 0 Å². The first-order valence-corrected chi connectivity index (χ1v) is 7.38. The molecule has 1 aromatic carbocycles. The van der Waals surface area contributed by atoms with Crippen molar-refractivity contribution in [1.29, 1.82) is 0 Å². The highest BCUT2D eigenvalue weighted by Gasteiger charge is 2.21. The number of rotatable bonds is 2. The van der Waals surface area contributed by atoms with E-state index in [1.165, 1.54) is 41.0 Å². The minimum absolute atomic E-state index is 0. The van der Waals surface area contributed by atoms with Crippen molar-refractivity contribution in [1.82, 2.24) is 4.98 Å². The number of fused-ring (bicyclic) bond motifs is 1. The molecule has 1 aromatic heterocycles. The average Bonchev–Trinajstić information content (AvgIpc) is 2.42. The topological polar surface area (TPSA) is 12.9 Å². The molecule has 1 aliphatic carbocycles. The molecule has 0 fully saturated rings. The molecule has 0 bridgehead atoms. The van der Waals surface area contributed by atoms with E-state index < -0.39 is 0 Å². The van der Waals surface area contributed by atoms with E-state index in [0.29, 0.717) is 5.25 Å². The van der Waals surface area contributed by atoms with E-state index in [1.807, 2.05) is 18.0 Å². The van der Waals surface area contributed by atoms with Crippen LogP contribution in [0.3, 0.4) is 0 Å². The van der Waals surface area contributed by atoms with E-state index in [1.54, 1.807) is 0 Å². The minimum Gasteiger partial charge on any atom is -0.260 e. The summed E-state index contributed by atoms with van der Waals surface area (Å²) in [6.07, 6.45) is 5.63. The number of pyridine rings is 1. The van der Waals surface area contributed by atoms with Crippen LogP contribution in [0.4, 0.5) is 0 Å². The Labute approximate surface area is 125 Å². The number of halogens is 1. The molecule has 1 aliphatic rings. The molecule has 0 radical (unpaired) electrons. The molecule has 2 aromatic rings. The van der Waals surface area contributed by atoms with Crippen LogP contribution in [0.25, 0.3) is 0 Å². The zero-order valence-electron chi connectivity index (χ0n) is 11.0. The van der Waals surface area contributed by atoms with Crippen molar-refractivity contribution in [2.75, 3.05) is 0 Å². The van der Waals surface area contributed by atoms with Gasteiger partial charge in [-0.15, -0.1) is 24.2 Å². The number of nitrogens with zero attached hydrogens (tertiary/aromatic N) is 1. The zero-order chi connectivity index (χ0) is 12.4. The third-order valence-electron chi connectivity index (χ3n) is 3.44. The fourth-order valence-electron chi connectivity index (χ4n) is 2.46. The van der Waals surface area contributed by atoms with Gasteiger partial charge in [-0.2, -0.15) is 0 Å². The second-order valence-electron chi connectivity index (χ2n) is 4.86. The fraction of sp³-hybridized carbons (Fsp3) is 0.312. The maximum Gasteiger partial charge on any atom is 0.0569 e. The van der Waals surface area contributed by atoms with Crippen molar-refractivity contribution >= 4 is 24.2 Å². The number of aryl methyl sites for hydroxylation is 2. The van der Waals surface area contributed by atoms with Crippen LogP contribution in [0, 0.1) is 6.92 Å². The first-order chi connectivity index (χ1) is 8.83. The van der Waals surface area contributed by atoms with Crippen LogP contribution in [-0.4, -0.2) is 4.98 Å². The van der Waals surface area contributed by atoms with Crippen molar-refractivity contribution in [3.8, 4) is 0 Å². The zero-order valence-corrected chi connectivity index (χ0v) is 12.6. The number of hydrogen-bond donors (Lipinski definition) is 0. The lowest BCUT2D eigenvalue weighted by Gasteiger charge is -2.23. The molecule has 3 heteroatoms. The Hall–Kier alpha value is -0.990. The van der Waals surface area contributed by atoms with Gasteiger partial charge < -0.3 is 0 Å². The lowest BCUT2D eigenvalue weighted by molar-refractivity contribution is 0.656. The molecule has 1 nitrogen and oxygen atoms in total. The van der Waals surface area contributed by atoms with Crippen LogP contribution in [0.2, 0.25) is 0 Å². The molecule has 0 saturated carbocycles. The lowest BCUT2D eigenvalue weighted by Crippen LogP contribution is -2.08. The third kappa shape index (κ3) is 3.31. The Morgan fingerprint density at radius 2 is 1.95 bits per heavy atom. The summed E-state index contributed by atoms with van der Waals surface area (Å²) < 4.78 is 0. The summed E-state index contributed by atoms with van der Waals surface area (Å²) in [5, 5.41) is 0.526. The molecular weight excluding hydrogens is 274 g/mol. The van der Waals surface area contributed by atoms with Crippen molar-refractivity contribution in [2.45, 2.75) is 36.3 Å². The highest BCUT2D eigenvalue weighted by Crippen LogP contribution is 2.42. The van der Waals surface area contributed by atoms with Crippen LogP contribution in [0.5, 0.6) is 0 Å². The molecule has 100 valence electrons. The number of benzene rings is 1. The first kappa shape index (κ1) is 14.4. The Kier molecular flexibility index (Phi) is 4.89. The Morgan fingerprint density at radius 3 is 2.74 bits per heavy atom. The predicted octanol–water partition coefficient (Wildman–Crippen LogP) is 4.98. The van der Waals surface area contributed by atoms with Gasteiger partial charge in [0.05, 0.1) is 10.9 Å². The Bertz CT molecular complexity index is 539. The second-order valence-corrected chi connectivity index (χ2v) is 6.14. The van der Waals surface area contributed by atoms with Crippen molar-refractivity contribution in [3.05, 3.63) is 59.4 Å². The van der Waals surface area contributed by atoms with Crippen molar-refractivity contribution in [2.24, 2.45) is 0 Å². The smallest absolute Gasteiger partial charge is 0.0569 e. The molecule has 0 saturated heterocycles. The number of aromatic nitrogens is 1. The molecule has 1 unspecified atom stereocenters. The quantitative estimate of drug-likeness (QED) is 0.774. The normalized spacial score (nSPS) is 17.4. The Balaban J connectivity index is 0.00000133. The molecule has 3 rings (SSSR count). The van der Waals surface area contributed by atoms with Gasteiger partial charge in [0, 0.05) is 11.1 Å².